The molecule has 2 nitrogen and oxygen atoms in total. The van der Waals surface area contributed by atoms with E-state index < -0.39 is 0 Å². The summed E-state index contributed by atoms with van der Waals surface area (Å²) >= 11 is 0. The minimum absolute atomic E-state index is 0.108. The Morgan fingerprint density at radius 3 is 0.796 bits per heavy atom. The third-order valence-corrected chi connectivity index (χ3v) is 12.4. The second-order valence-electron chi connectivity index (χ2n) is 15.9. The molecule has 54 heavy (non-hydrogen) atoms. The quantitative estimate of drug-likeness (QED) is 0.170. The fourth-order valence-corrected chi connectivity index (χ4v) is 8.90. The SMILES string of the molecule is Cc1cc2c(cc1C)N(c1ccccc1)c1cc(C)c(C)cc1B2c1ccc(B2c3cc(C)c(C)cc3N(c3ccccc3)c3cc(C)c(C)cc32)cc1. The first-order chi connectivity index (χ1) is 26.1. The van der Waals surface area contributed by atoms with E-state index in [1.54, 1.807) is 0 Å². The van der Waals surface area contributed by atoms with Gasteiger partial charge < -0.3 is 9.80 Å². The topological polar surface area (TPSA) is 6.48 Å². The number of hydrogen-bond acceptors (Lipinski definition) is 2. The van der Waals surface area contributed by atoms with Gasteiger partial charge in [-0.3, -0.25) is 0 Å². The molecule has 2 aliphatic heterocycles. The molecule has 0 unspecified atom stereocenters. The van der Waals surface area contributed by atoms with E-state index in [0.29, 0.717) is 0 Å². The maximum Gasteiger partial charge on any atom is 0.246 e. The van der Waals surface area contributed by atoms with Gasteiger partial charge in [0.15, 0.2) is 0 Å². The largest absolute Gasteiger partial charge is 0.312 e. The van der Waals surface area contributed by atoms with Crippen LogP contribution in [0.4, 0.5) is 34.1 Å². The van der Waals surface area contributed by atoms with Gasteiger partial charge in [-0.2, -0.15) is 0 Å². The zero-order valence-corrected chi connectivity index (χ0v) is 32.8. The molecule has 0 bridgehead atoms. The maximum atomic E-state index is 2.48. The molecule has 2 heterocycles. The van der Waals surface area contributed by atoms with Crippen molar-refractivity contribution in [3.05, 3.63) is 178 Å². The number of benzene rings is 7. The maximum absolute atomic E-state index is 2.48. The van der Waals surface area contributed by atoms with E-state index in [0.717, 1.165) is 0 Å². The molecule has 7 aromatic carbocycles. The highest BCUT2D eigenvalue weighted by Crippen LogP contribution is 2.39. The van der Waals surface area contributed by atoms with Gasteiger partial charge in [0.05, 0.1) is 0 Å². The van der Waals surface area contributed by atoms with Crippen molar-refractivity contribution in [2.75, 3.05) is 9.80 Å². The summed E-state index contributed by atoms with van der Waals surface area (Å²) < 4.78 is 0. The standard InChI is InChI=1S/C50H46B2N2/c1-31-23-43-47(27-35(31)5)53(41-15-11-9-12-16-41)48-28-36(6)32(2)24-44(48)51(43)39-19-21-40(22-20-39)52-45-25-33(3)37(7)29-49(45)54(42-17-13-10-14-18-42)50-30-38(8)34(4)26-46(50)52/h9-30H,1-8H3. The van der Waals surface area contributed by atoms with Gasteiger partial charge >= 0.3 is 0 Å². The van der Waals surface area contributed by atoms with Crippen LogP contribution in [0.25, 0.3) is 0 Å². The van der Waals surface area contributed by atoms with Crippen molar-refractivity contribution >= 4 is 80.3 Å². The van der Waals surface area contributed by atoms with Gasteiger partial charge in [0.2, 0.25) is 13.4 Å². The molecule has 0 radical (unpaired) electrons. The smallest absolute Gasteiger partial charge is 0.246 e. The Hall–Kier alpha value is -5.73. The molecule has 0 saturated carbocycles. The Morgan fingerprint density at radius 1 is 0.296 bits per heavy atom. The normalized spacial score (nSPS) is 13.0. The predicted molar refractivity (Wildman–Crippen MR) is 236 cm³/mol. The Morgan fingerprint density at radius 2 is 0.537 bits per heavy atom. The fourth-order valence-electron chi connectivity index (χ4n) is 8.90. The second kappa shape index (κ2) is 13.0. The predicted octanol–water partition coefficient (Wildman–Crippen LogP) is 8.75. The molecule has 0 spiro atoms. The Bertz CT molecular complexity index is 2290. The van der Waals surface area contributed by atoms with Gasteiger partial charge in [-0.15, -0.1) is 0 Å². The molecule has 0 fully saturated rings. The third-order valence-electron chi connectivity index (χ3n) is 12.4. The fraction of sp³-hybridized carbons (Fsp3) is 0.160. The number of nitrogens with zero attached hydrogens (tertiary/aromatic N) is 2. The van der Waals surface area contributed by atoms with Gasteiger partial charge in [-0.05, 0) is 170 Å². The van der Waals surface area contributed by atoms with Crippen LogP contribution in [0, 0.1) is 55.4 Å². The molecule has 262 valence electrons. The summed E-state index contributed by atoms with van der Waals surface area (Å²) in [6.07, 6.45) is 0. The molecule has 0 aromatic heterocycles. The van der Waals surface area contributed by atoms with Crippen LogP contribution in [-0.4, -0.2) is 13.4 Å². The van der Waals surface area contributed by atoms with Crippen molar-refractivity contribution in [3.63, 3.8) is 0 Å². The monoisotopic (exact) mass is 696 g/mol. The molecule has 0 amide bonds. The number of aryl methyl sites for hydroxylation is 8. The van der Waals surface area contributed by atoms with Crippen molar-refractivity contribution in [2.24, 2.45) is 0 Å². The minimum atomic E-state index is 0.108. The average Bonchev–Trinajstić information content (AvgIpc) is 3.17. The minimum Gasteiger partial charge on any atom is -0.312 e. The summed E-state index contributed by atoms with van der Waals surface area (Å²) in [4.78, 5) is 4.97. The number of hydrogen-bond donors (Lipinski definition) is 0. The molecule has 0 atom stereocenters. The summed E-state index contributed by atoms with van der Waals surface area (Å²) in [5.41, 5.74) is 26.1. The highest BCUT2D eigenvalue weighted by Gasteiger charge is 2.38. The summed E-state index contributed by atoms with van der Waals surface area (Å²) in [5, 5.41) is 0. The van der Waals surface area contributed by atoms with Crippen LogP contribution >= 0.6 is 0 Å². The number of fused-ring (bicyclic) bond motifs is 4. The van der Waals surface area contributed by atoms with Crippen molar-refractivity contribution in [2.45, 2.75) is 55.4 Å². The van der Waals surface area contributed by atoms with Crippen LogP contribution in [0.1, 0.15) is 44.5 Å². The van der Waals surface area contributed by atoms with Crippen LogP contribution in [0.5, 0.6) is 0 Å². The average molecular weight is 697 g/mol. The first kappa shape index (κ1) is 34.1. The van der Waals surface area contributed by atoms with Gasteiger partial charge in [0.1, 0.15) is 0 Å². The van der Waals surface area contributed by atoms with E-state index in [4.69, 9.17) is 0 Å². The number of anilines is 6. The van der Waals surface area contributed by atoms with Gasteiger partial charge in [0.25, 0.3) is 0 Å². The summed E-state index contributed by atoms with van der Waals surface area (Å²) in [6.45, 7) is 18.2. The molecular weight excluding hydrogens is 650 g/mol. The lowest BCUT2D eigenvalue weighted by Crippen LogP contribution is -2.59. The summed E-state index contributed by atoms with van der Waals surface area (Å²) in [6, 6.07) is 50.8. The lowest BCUT2D eigenvalue weighted by atomic mass is 9.33. The highest BCUT2D eigenvalue weighted by atomic mass is 15.2. The zero-order valence-electron chi connectivity index (χ0n) is 32.8. The van der Waals surface area contributed by atoms with E-state index in [9.17, 15) is 0 Å². The number of rotatable bonds is 4. The van der Waals surface area contributed by atoms with E-state index in [1.807, 2.05) is 0 Å². The lowest BCUT2D eigenvalue weighted by Gasteiger charge is -2.39. The molecule has 0 saturated heterocycles. The second-order valence-corrected chi connectivity index (χ2v) is 15.9. The molecule has 7 aromatic rings. The first-order valence-corrected chi connectivity index (χ1v) is 19.3. The zero-order chi connectivity index (χ0) is 37.4. The van der Waals surface area contributed by atoms with Crippen molar-refractivity contribution in [1.29, 1.82) is 0 Å². The summed E-state index contributed by atoms with van der Waals surface area (Å²) in [5.74, 6) is 0. The van der Waals surface area contributed by atoms with E-state index >= 15 is 0 Å². The van der Waals surface area contributed by atoms with Crippen LogP contribution in [0.2, 0.25) is 0 Å². The molecule has 0 N–H and O–H groups in total. The van der Waals surface area contributed by atoms with Crippen LogP contribution < -0.4 is 42.6 Å². The lowest BCUT2D eigenvalue weighted by molar-refractivity contribution is 1.24. The Labute approximate surface area is 322 Å². The molecule has 0 aliphatic carbocycles. The van der Waals surface area contributed by atoms with Gasteiger partial charge in [-0.25, -0.2) is 0 Å². The van der Waals surface area contributed by atoms with E-state index in [1.165, 1.54) is 111 Å². The molecule has 4 heteroatoms. The van der Waals surface area contributed by atoms with Crippen LogP contribution in [0.15, 0.2) is 133 Å². The van der Waals surface area contributed by atoms with Crippen molar-refractivity contribution in [1.82, 2.24) is 0 Å². The van der Waals surface area contributed by atoms with Crippen LogP contribution in [0.3, 0.4) is 0 Å². The molecule has 2 aliphatic rings. The van der Waals surface area contributed by atoms with Crippen molar-refractivity contribution in [3.8, 4) is 0 Å². The third kappa shape index (κ3) is 5.42. The van der Waals surface area contributed by atoms with Crippen molar-refractivity contribution < 1.29 is 0 Å². The summed E-state index contributed by atoms with van der Waals surface area (Å²) in [7, 11) is 0. The first-order valence-electron chi connectivity index (χ1n) is 19.3. The Balaban J connectivity index is 1.23. The molecule has 9 rings (SSSR count). The van der Waals surface area contributed by atoms with Gasteiger partial charge in [0, 0.05) is 34.1 Å². The van der Waals surface area contributed by atoms with E-state index in [2.05, 4.69) is 199 Å². The Kier molecular flexibility index (Phi) is 8.19. The van der Waals surface area contributed by atoms with Gasteiger partial charge in [-0.1, -0.05) is 95.9 Å². The van der Waals surface area contributed by atoms with E-state index in [-0.39, 0.29) is 13.4 Å². The van der Waals surface area contributed by atoms with Crippen LogP contribution in [-0.2, 0) is 0 Å². The highest BCUT2D eigenvalue weighted by molar-refractivity contribution is 6.99. The number of para-hydroxylation sites is 2. The molecular formula is C50H46B2N2.